The molecule has 0 radical (unpaired) electrons. The topological polar surface area (TPSA) is 67.4 Å². The third-order valence-electron chi connectivity index (χ3n) is 2.85. The van der Waals surface area contributed by atoms with Gasteiger partial charge in [0.25, 0.3) is 0 Å². The molecule has 0 saturated heterocycles. The number of anilines is 1. The number of carbonyl (C=O) groups excluding carboxylic acids is 2. The van der Waals surface area contributed by atoms with E-state index < -0.39 is 6.04 Å². The van der Waals surface area contributed by atoms with Crippen LogP contribution in [0.25, 0.3) is 0 Å². The van der Waals surface area contributed by atoms with Crippen molar-refractivity contribution in [2.24, 2.45) is 0 Å². The molecule has 2 N–H and O–H groups in total. The monoisotopic (exact) mass is 298 g/mol. The summed E-state index contributed by atoms with van der Waals surface area (Å²) < 4.78 is 5.16. The second kappa shape index (κ2) is 8.43. The van der Waals surface area contributed by atoms with Gasteiger partial charge in [0.1, 0.15) is 11.8 Å². The van der Waals surface area contributed by atoms with E-state index >= 15 is 0 Å². The largest absolute Gasteiger partial charge is 0.495 e. The number of hydrogen-bond acceptors (Lipinski definition) is 3. The third kappa shape index (κ3) is 4.74. The lowest BCUT2D eigenvalue weighted by Gasteiger charge is -2.17. The van der Waals surface area contributed by atoms with Gasteiger partial charge in [0.2, 0.25) is 12.3 Å². The van der Waals surface area contributed by atoms with Crippen LogP contribution in [0.15, 0.2) is 18.2 Å². The van der Waals surface area contributed by atoms with Gasteiger partial charge in [0.15, 0.2) is 0 Å². The third-order valence-corrected chi connectivity index (χ3v) is 3.09. The highest BCUT2D eigenvalue weighted by Crippen LogP contribution is 2.27. The molecule has 1 aromatic carbocycles. The number of nitrogens with one attached hydrogen (secondary N) is 2. The Labute approximate surface area is 123 Å². The Morgan fingerprint density at radius 2 is 2.25 bits per heavy atom. The van der Waals surface area contributed by atoms with Crippen LogP contribution < -0.4 is 15.4 Å². The van der Waals surface area contributed by atoms with E-state index in [2.05, 4.69) is 10.6 Å². The number of unbranched alkanes of at least 4 members (excludes halogenated alkanes) is 1. The van der Waals surface area contributed by atoms with Gasteiger partial charge in [-0.1, -0.05) is 31.4 Å². The maximum atomic E-state index is 12.2. The number of halogens is 1. The SMILES string of the molecule is CCCCC(NC=O)C(=O)Nc1cc(Cl)ccc1OC. The Balaban J connectivity index is 2.81. The zero-order chi connectivity index (χ0) is 15.0. The molecular weight excluding hydrogens is 280 g/mol. The molecule has 0 aromatic heterocycles. The molecule has 1 aromatic rings. The normalized spacial score (nSPS) is 11.6. The average molecular weight is 299 g/mol. The number of amides is 2. The molecule has 1 unspecified atom stereocenters. The fourth-order valence-corrected chi connectivity index (χ4v) is 1.95. The summed E-state index contributed by atoms with van der Waals surface area (Å²) in [5, 5.41) is 5.74. The Morgan fingerprint density at radius 1 is 1.50 bits per heavy atom. The van der Waals surface area contributed by atoms with Crippen molar-refractivity contribution in [3.05, 3.63) is 23.2 Å². The van der Waals surface area contributed by atoms with Crippen LogP contribution in [0.5, 0.6) is 5.75 Å². The van der Waals surface area contributed by atoms with E-state index in [1.54, 1.807) is 18.2 Å². The van der Waals surface area contributed by atoms with Gasteiger partial charge in [0.05, 0.1) is 12.8 Å². The molecule has 0 aliphatic rings. The summed E-state index contributed by atoms with van der Waals surface area (Å²) in [6.07, 6.45) is 2.93. The summed E-state index contributed by atoms with van der Waals surface area (Å²) in [5.41, 5.74) is 0.485. The maximum Gasteiger partial charge on any atom is 0.247 e. The molecule has 110 valence electrons. The number of rotatable bonds is 8. The molecule has 0 spiro atoms. The van der Waals surface area contributed by atoms with E-state index in [4.69, 9.17) is 16.3 Å². The Kier molecular flexibility index (Phi) is 6.87. The van der Waals surface area contributed by atoms with Crippen molar-refractivity contribution >= 4 is 29.6 Å². The second-order valence-corrected chi connectivity index (χ2v) is 4.75. The molecule has 0 aliphatic carbocycles. The number of carbonyl (C=O) groups is 2. The van der Waals surface area contributed by atoms with Crippen molar-refractivity contribution < 1.29 is 14.3 Å². The fraction of sp³-hybridized carbons (Fsp3) is 0.429. The highest BCUT2D eigenvalue weighted by atomic mass is 35.5. The highest BCUT2D eigenvalue weighted by molar-refractivity contribution is 6.31. The van der Waals surface area contributed by atoms with E-state index in [0.717, 1.165) is 12.8 Å². The summed E-state index contributed by atoms with van der Waals surface area (Å²) in [6.45, 7) is 2.02. The minimum absolute atomic E-state index is 0.286. The predicted molar refractivity (Wildman–Crippen MR) is 79.1 cm³/mol. The summed E-state index contributed by atoms with van der Waals surface area (Å²) in [4.78, 5) is 22.7. The molecule has 0 saturated carbocycles. The molecule has 5 nitrogen and oxygen atoms in total. The molecule has 2 amide bonds. The van der Waals surface area contributed by atoms with Gasteiger partial charge >= 0.3 is 0 Å². The van der Waals surface area contributed by atoms with E-state index in [-0.39, 0.29) is 5.91 Å². The van der Waals surface area contributed by atoms with Gasteiger partial charge in [-0.3, -0.25) is 9.59 Å². The molecule has 0 fully saturated rings. The lowest BCUT2D eigenvalue weighted by molar-refractivity contribution is -0.121. The van der Waals surface area contributed by atoms with Crippen molar-refractivity contribution in [1.82, 2.24) is 5.32 Å². The standard InChI is InChI=1S/C14H19ClN2O3/c1-3-4-5-11(16-9-18)14(19)17-12-8-10(15)6-7-13(12)20-2/h6-9,11H,3-5H2,1-2H3,(H,16,18)(H,17,19). The molecular formula is C14H19ClN2O3. The van der Waals surface area contributed by atoms with Crippen LogP contribution in [0.2, 0.25) is 5.02 Å². The maximum absolute atomic E-state index is 12.2. The number of hydrogen-bond donors (Lipinski definition) is 2. The smallest absolute Gasteiger partial charge is 0.247 e. The van der Waals surface area contributed by atoms with E-state index in [0.29, 0.717) is 29.3 Å². The van der Waals surface area contributed by atoms with Gasteiger partial charge in [-0.15, -0.1) is 0 Å². The first-order chi connectivity index (χ1) is 9.62. The highest BCUT2D eigenvalue weighted by Gasteiger charge is 2.18. The zero-order valence-electron chi connectivity index (χ0n) is 11.6. The van der Waals surface area contributed by atoms with Crippen LogP contribution in [0.4, 0.5) is 5.69 Å². The summed E-state index contributed by atoms with van der Waals surface area (Å²) in [5.74, 6) is 0.231. The second-order valence-electron chi connectivity index (χ2n) is 4.31. The zero-order valence-corrected chi connectivity index (χ0v) is 12.4. The summed E-state index contributed by atoms with van der Waals surface area (Å²) >= 11 is 5.90. The van der Waals surface area contributed by atoms with Gasteiger partial charge in [-0.2, -0.15) is 0 Å². The van der Waals surface area contributed by atoms with Crippen LogP contribution in [-0.2, 0) is 9.59 Å². The van der Waals surface area contributed by atoms with Crippen LogP contribution in [0.1, 0.15) is 26.2 Å². The van der Waals surface area contributed by atoms with Gasteiger partial charge in [0, 0.05) is 5.02 Å². The van der Waals surface area contributed by atoms with Crippen molar-refractivity contribution in [2.45, 2.75) is 32.2 Å². The van der Waals surface area contributed by atoms with Crippen molar-refractivity contribution in [3.8, 4) is 5.75 Å². The molecule has 6 heteroatoms. The molecule has 0 aliphatic heterocycles. The quantitative estimate of drug-likeness (QED) is 0.725. The van der Waals surface area contributed by atoms with Crippen LogP contribution in [-0.4, -0.2) is 25.5 Å². The molecule has 1 rings (SSSR count). The van der Waals surface area contributed by atoms with E-state index in [1.165, 1.54) is 7.11 Å². The van der Waals surface area contributed by atoms with Crippen molar-refractivity contribution in [1.29, 1.82) is 0 Å². The van der Waals surface area contributed by atoms with Crippen LogP contribution in [0, 0.1) is 0 Å². The predicted octanol–water partition coefficient (Wildman–Crippen LogP) is 2.59. The lowest BCUT2D eigenvalue weighted by atomic mass is 10.1. The van der Waals surface area contributed by atoms with E-state index in [1.807, 2.05) is 6.92 Å². The van der Waals surface area contributed by atoms with Gasteiger partial charge in [-0.05, 0) is 24.6 Å². The van der Waals surface area contributed by atoms with E-state index in [9.17, 15) is 9.59 Å². The summed E-state index contributed by atoms with van der Waals surface area (Å²) in [6, 6.07) is 4.40. The summed E-state index contributed by atoms with van der Waals surface area (Å²) in [7, 11) is 1.51. The minimum Gasteiger partial charge on any atom is -0.495 e. The molecule has 0 bridgehead atoms. The minimum atomic E-state index is -0.559. The average Bonchev–Trinajstić information content (AvgIpc) is 2.43. The molecule has 20 heavy (non-hydrogen) atoms. The molecule has 1 atom stereocenters. The van der Waals surface area contributed by atoms with Crippen LogP contribution >= 0.6 is 11.6 Å². The molecule has 0 heterocycles. The Bertz CT molecular complexity index is 466. The lowest BCUT2D eigenvalue weighted by Crippen LogP contribution is -2.39. The van der Waals surface area contributed by atoms with Crippen molar-refractivity contribution in [3.63, 3.8) is 0 Å². The Morgan fingerprint density at radius 3 is 2.85 bits per heavy atom. The number of methoxy groups -OCH3 is 1. The number of ether oxygens (including phenoxy) is 1. The van der Waals surface area contributed by atoms with Crippen LogP contribution in [0.3, 0.4) is 0 Å². The first kappa shape index (κ1) is 16.3. The first-order valence-corrected chi connectivity index (χ1v) is 6.84. The number of benzene rings is 1. The van der Waals surface area contributed by atoms with Gasteiger partial charge in [-0.25, -0.2) is 0 Å². The van der Waals surface area contributed by atoms with Gasteiger partial charge < -0.3 is 15.4 Å². The Hall–Kier alpha value is -1.75. The first-order valence-electron chi connectivity index (χ1n) is 6.46. The fourth-order valence-electron chi connectivity index (χ4n) is 1.78. The van der Waals surface area contributed by atoms with Crippen molar-refractivity contribution in [2.75, 3.05) is 12.4 Å².